The first-order valence-corrected chi connectivity index (χ1v) is 10.2. The van der Waals surface area contributed by atoms with Crippen molar-refractivity contribution < 1.29 is 18.6 Å². The standard InChI is InChI=1S/C9H8BrFO.C6H4BrFO.C3H5Br.CH4/c10-8-5-6(11)1-4-9(8)12-7-2-3-7;7-5-3-4(8)1-2-6(5)9;4-3-1-2-3;/h1,4-5,7H,2-3H2;1-3,9H;3H,1-2H2;1H4. The average molecular weight is 559 g/mol. The van der Waals surface area contributed by atoms with Crippen LogP contribution in [0.4, 0.5) is 8.78 Å². The van der Waals surface area contributed by atoms with Gasteiger partial charge in [-0.1, -0.05) is 23.4 Å². The molecule has 2 nitrogen and oxygen atoms in total. The van der Waals surface area contributed by atoms with Crippen LogP contribution in [0.1, 0.15) is 33.1 Å². The van der Waals surface area contributed by atoms with Crippen LogP contribution < -0.4 is 4.74 Å². The van der Waals surface area contributed by atoms with E-state index in [-0.39, 0.29) is 24.8 Å². The van der Waals surface area contributed by atoms with Crippen LogP contribution in [0.2, 0.25) is 0 Å². The van der Waals surface area contributed by atoms with Gasteiger partial charge < -0.3 is 9.84 Å². The van der Waals surface area contributed by atoms with E-state index in [0.29, 0.717) is 15.0 Å². The lowest BCUT2D eigenvalue weighted by atomic mass is 10.3. The van der Waals surface area contributed by atoms with Gasteiger partial charge in [-0.05, 0) is 93.9 Å². The van der Waals surface area contributed by atoms with Gasteiger partial charge in [0.15, 0.2) is 0 Å². The summed E-state index contributed by atoms with van der Waals surface area (Å²) < 4.78 is 31.4. The molecule has 2 fully saturated rings. The minimum absolute atomic E-state index is 0. The minimum atomic E-state index is -0.361. The van der Waals surface area contributed by atoms with Crippen LogP contribution in [0, 0.1) is 11.6 Å². The number of phenols is 1. The number of hydrogen-bond acceptors (Lipinski definition) is 2. The van der Waals surface area contributed by atoms with E-state index in [9.17, 15) is 8.78 Å². The first-order valence-electron chi connectivity index (χ1n) is 7.75. The number of hydrogen-bond donors (Lipinski definition) is 1. The molecule has 1 N–H and O–H groups in total. The van der Waals surface area contributed by atoms with Crippen LogP contribution >= 0.6 is 47.8 Å². The van der Waals surface area contributed by atoms with Gasteiger partial charge in [0.2, 0.25) is 0 Å². The van der Waals surface area contributed by atoms with Crippen molar-refractivity contribution in [3.05, 3.63) is 57.0 Å². The predicted molar refractivity (Wildman–Crippen MR) is 112 cm³/mol. The normalized spacial score (nSPS) is 14.8. The average Bonchev–Trinajstić information content (AvgIpc) is 3.46. The Morgan fingerprint density at radius 2 is 1.38 bits per heavy atom. The molecule has 0 atom stereocenters. The highest BCUT2D eigenvalue weighted by atomic mass is 79.9. The lowest BCUT2D eigenvalue weighted by molar-refractivity contribution is 0.300. The summed E-state index contributed by atoms with van der Waals surface area (Å²) in [5.74, 6) is 0.181. The zero-order valence-corrected chi connectivity index (χ0v) is 18.0. The molecule has 26 heavy (non-hydrogen) atoms. The van der Waals surface area contributed by atoms with Gasteiger partial charge >= 0.3 is 0 Å². The Balaban J connectivity index is 0.000000213. The van der Waals surface area contributed by atoms with E-state index in [2.05, 4.69) is 47.8 Å². The molecule has 0 radical (unpaired) electrons. The van der Waals surface area contributed by atoms with Crippen molar-refractivity contribution in [1.29, 1.82) is 0 Å². The Morgan fingerprint density at radius 1 is 0.885 bits per heavy atom. The second kappa shape index (κ2) is 11.2. The molecule has 2 aliphatic rings. The number of alkyl halides is 1. The van der Waals surface area contributed by atoms with E-state index >= 15 is 0 Å². The van der Waals surface area contributed by atoms with Crippen molar-refractivity contribution in [1.82, 2.24) is 0 Å². The van der Waals surface area contributed by atoms with Gasteiger partial charge in [-0.15, -0.1) is 0 Å². The van der Waals surface area contributed by atoms with Gasteiger partial charge in [-0.2, -0.15) is 0 Å². The van der Waals surface area contributed by atoms with Crippen molar-refractivity contribution in [3.63, 3.8) is 0 Å². The van der Waals surface area contributed by atoms with Crippen LogP contribution in [0.25, 0.3) is 0 Å². The molecule has 4 rings (SSSR count). The topological polar surface area (TPSA) is 29.5 Å². The van der Waals surface area contributed by atoms with Gasteiger partial charge in [0.05, 0.1) is 15.0 Å². The molecule has 0 amide bonds. The van der Waals surface area contributed by atoms with Crippen molar-refractivity contribution in [2.45, 2.75) is 44.0 Å². The molecular weight excluding hydrogens is 538 g/mol. The monoisotopic (exact) mass is 556 g/mol. The van der Waals surface area contributed by atoms with Gasteiger partial charge in [0.25, 0.3) is 0 Å². The molecule has 2 aromatic rings. The highest BCUT2D eigenvalue weighted by Gasteiger charge is 2.24. The molecule has 2 aliphatic carbocycles. The van der Waals surface area contributed by atoms with Crippen LogP contribution in [0.5, 0.6) is 11.5 Å². The highest BCUT2D eigenvalue weighted by Crippen LogP contribution is 2.32. The maximum atomic E-state index is 12.6. The molecule has 0 aliphatic heterocycles. The maximum Gasteiger partial charge on any atom is 0.134 e. The van der Waals surface area contributed by atoms with Gasteiger partial charge in [-0.3, -0.25) is 0 Å². The molecule has 0 bridgehead atoms. The smallest absolute Gasteiger partial charge is 0.134 e. The van der Waals surface area contributed by atoms with E-state index in [1.165, 1.54) is 43.2 Å². The Bertz CT molecular complexity index is 705. The van der Waals surface area contributed by atoms with Crippen LogP contribution in [0.15, 0.2) is 45.3 Å². The molecular formula is C19H21Br3F2O2. The van der Waals surface area contributed by atoms with Gasteiger partial charge in [0, 0.05) is 4.83 Å². The third-order valence-corrected chi connectivity index (χ3v) is 5.30. The fourth-order valence-corrected chi connectivity index (χ4v) is 2.54. The van der Waals surface area contributed by atoms with E-state index in [1.54, 1.807) is 6.07 Å². The second-order valence-electron chi connectivity index (χ2n) is 5.66. The summed E-state index contributed by atoms with van der Waals surface area (Å²) in [5, 5.41) is 8.83. The zero-order chi connectivity index (χ0) is 18.4. The lowest BCUT2D eigenvalue weighted by Crippen LogP contribution is -1.96. The van der Waals surface area contributed by atoms with E-state index in [0.717, 1.165) is 23.4 Å². The molecule has 2 aromatic carbocycles. The van der Waals surface area contributed by atoms with E-state index in [1.807, 2.05) is 0 Å². The number of ether oxygens (including phenoxy) is 1. The molecule has 144 valence electrons. The quantitative estimate of drug-likeness (QED) is 0.385. The molecule has 0 heterocycles. The molecule has 0 unspecified atom stereocenters. The Kier molecular flexibility index (Phi) is 10.1. The van der Waals surface area contributed by atoms with Crippen molar-refractivity contribution in [2.75, 3.05) is 0 Å². The summed E-state index contributed by atoms with van der Waals surface area (Å²) in [6.07, 6.45) is 5.39. The molecule has 7 heteroatoms. The number of phenolic OH excluding ortho intramolecular Hbond substituents is 1. The number of halogens is 5. The maximum absolute atomic E-state index is 12.6. The van der Waals surface area contributed by atoms with Crippen LogP contribution in [-0.2, 0) is 0 Å². The summed E-state index contributed by atoms with van der Waals surface area (Å²) in [6.45, 7) is 0. The van der Waals surface area contributed by atoms with Crippen molar-refractivity contribution in [2.24, 2.45) is 0 Å². The largest absolute Gasteiger partial charge is 0.507 e. The number of rotatable bonds is 2. The second-order valence-corrected chi connectivity index (χ2v) is 8.67. The fourth-order valence-electron chi connectivity index (χ4n) is 1.48. The predicted octanol–water partition coefficient (Wildman–Crippen LogP) is 7.60. The first-order chi connectivity index (χ1) is 11.8. The summed E-state index contributed by atoms with van der Waals surface area (Å²) >= 11 is 9.58. The van der Waals surface area contributed by atoms with E-state index < -0.39 is 0 Å². The highest BCUT2D eigenvalue weighted by molar-refractivity contribution is 9.11. The SMILES string of the molecule is BrC1CC1.C.Fc1ccc(OC2CC2)c(Br)c1.Oc1ccc(F)cc1Br. The third-order valence-electron chi connectivity index (χ3n) is 3.13. The van der Waals surface area contributed by atoms with Crippen molar-refractivity contribution >= 4 is 47.8 Å². The van der Waals surface area contributed by atoms with Gasteiger partial charge in [-0.25, -0.2) is 8.78 Å². The number of aromatic hydroxyl groups is 1. The van der Waals surface area contributed by atoms with Gasteiger partial charge in [0.1, 0.15) is 23.1 Å². The summed E-state index contributed by atoms with van der Waals surface area (Å²) in [4.78, 5) is 0.896. The summed E-state index contributed by atoms with van der Waals surface area (Å²) in [6, 6.07) is 8.16. The van der Waals surface area contributed by atoms with Crippen LogP contribution in [-0.4, -0.2) is 16.0 Å². The Labute approximate surface area is 178 Å². The minimum Gasteiger partial charge on any atom is -0.507 e. The first kappa shape index (κ1) is 23.4. The van der Waals surface area contributed by atoms with Crippen LogP contribution in [0.3, 0.4) is 0 Å². The molecule has 0 saturated heterocycles. The van der Waals surface area contributed by atoms with E-state index in [4.69, 9.17) is 9.84 Å². The summed E-state index contributed by atoms with van der Waals surface area (Å²) in [7, 11) is 0. The number of benzene rings is 2. The molecule has 0 aromatic heterocycles. The Morgan fingerprint density at radius 3 is 1.77 bits per heavy atom. The zero-order valence-electron chi connectivity index (χ0n) is 13.2. The fraction of sp³-hybridized carbons (Fsp3) is 0.368. The lowest BCUT2D eigenvalue weighted by Gasteiger charge is -2.05. The summed E-state index contributed by atoms with van der Waals surface area (Å²) in [5.41, 5.74) is 0. The Hall–Kier alpha value is -0.660. The molecule has 2 saturated carbocycles. The third kappa shape index (κ3) is 9.33. The molecule has 0 spiro atoms. The van der Waals surface area contributed by atoms with Crippen molar-refractivity contribution in [3.8, 4) is 11.5 Å².